The number of carbonyl (C=O) groups excluding carboxylic acids is 1. The van der Waals surface area contributed by atoms with Gasteiger partial charge in [0, 0.05) is 36.8 Å². The Bertz CT molecular complexity index is 652. The zero-order chi connectivity index (χ0) is 13.3. The molecule has 0 amide bonds. The number of hydrogen-bond acceptors (Lipinski definition) is 3. The minimum Gasteiger partial charge on any atom is -0.357 e. The van der Waals surface area contributed by atoms with Crippen molar-refractivity contribution in [1.29, 1.82) is 0 Å². The van der Waals surface area contributed by atoms with E-state index in [1.807, 2.05) is 7.05 Å². The number of ketones is 1. The van der Waals surface area contributed by atoms with Crippen LogP contribution in [0, 0.1) is 13.8 Å². The van der Waals surface area contributed by atoms with E-state index in [1.165, 1.54) is 10.6 Å². The molecule has 0 saturated carbocycles. The first-order valence-corrected chi connectivity index (χ1v) is 5.67. The molecule has 0 aliphatic heterocycles. The number of rotatable bonds is 3. The van der Waals surface area contributed by atoms with Gasteiger partial charge in [0.2, 0.25) is 0 Å². The van der Waals surface area contributed by atoms with Gasteiger partial charge in [0.1, 0.15) is 5.82 Å². The first-order valence-electron chi connectivity index (χ1n) is 5.67. The van der Waals surface area contributed by atoms with Crippen molar-refractivity contribution in [2.45, 2.75) is 20.4 Å². The van der Waals surface area contributed by atoms with Gasteiger partial charge >= 0.3 is 0 Å². The molecule has 0 fully saturated rings. The van der Waals surface area contributed by atoms with Gasteiger partial charge in [0.25, 0.3) is 5.56 Å². The molecule has 94 valence electrons. The highest BCUT2D eigenvalue weighted by atomic mass is 16.1. The Labute approximate surface area is 105 Å². The molecular weight excluding hydrogens is 230 g/mol. The van der Waals surface area contributed by atoms with Gasteiger partial charge in [-0.1, -0.05) is 0 Å². The summed E-state index contributed by atoms with van der Waals surface area (Å²) in [4.78, 5) is 28.0. The molecule has 0 N–H and O–H groups in total. The molecule has 18 heavy (non-hydrogen) atoms. The van der Waals surface area contributed by atoms with Crippen molar-refractivity contribution >= 4 is 5.78 Å². The summed E-state index contributed by atoms with van der Waals surface area (Å²) >= 11 is 0. The molecule has 0 spiro atoms. The van der Waals surface area contributed by atoms with Gasteiger partial charge in [-0.2, -0.15) is 0 Å². The average molecular weight is 245 g/mol. The summed E-state index contributed by atoms with van der Waals surface area (Å²) in [5.74, 6) is 0.468. The van der Waals surface area contributed by atoms with E-state index in [-0.39, 0.29) is 17.9 Å². The molecule has 5 nitrogen and oxygen atoms in total. The molecule has 0 unspecified atom stereocenters. The normalized spacial score (nSPS) is 10.6. The minimum atomic E-state index is -0.190. The number of hydrogen-bond donors (Lipinski definition) is 0. The molecule has 0 aliphatic carbocycles. The Hall–Kier alpha value is -2.17. The fraction of sp³-hybridized carbons (Fsp3) is 0.308. The zero-order valence-corrected chi connectivity index (χ0v) is 10.7. The summed E-state index contributed by atoms with van der Waals surface area (Å²) in [5.41, 5.74) is 1.08. The van der Waals surface area contributed by atoms with Gasteiger partial charge in [0.15, 0.2) is 5.78 Å². The zero-order valence-electron chi connectivity index (χ0n) is 10.7. The van der Waals surface area contributed by atoms with E-state index in [9.17, 15) is 9.59 Å². The molecule has 0 aromatic carbocycles. The van der Waals surface area contributed by atoms with Crippen molar-refractivity contribution in [3.63, 3.8) is 0 Å². The summed E-state index contributed by atoms with van der Waals surface area (Å²) in [6.07, 6.45) is 3.54. The average Bonchev–Trinajstić information content (AvgIpc) is 2.70. The van der Waals surface area contributed by atoms with Crippen molar-refractivity contribution in [3.05, 3.63) is 52.0 Å². The molecule has 0 bridgehead atoms. The second-order valence-corrected chi connectivity index (χ2v) is 4.36. The van der Waals surface area contributed by atoms with Crippen molar-refractivity contribution in [2.75, 3.05) is 0 Å². The topological polar surface area (TPSA) is 56.9 Å². The maximum Gasteiger partial charge on any atom is 0.254 e. The summed E-state index contributed by atoms with van der Waals surface area (Å²) < 4.78 is 3.19. The fourth-order valence-corrected chi connectivity index (χ4v) is 1.86. The third-order valence-electron chi connectivity index (χ3n) is 2.78. The lowest BCUT2D eigenvalue weighted by atomic mass is 10.2. The van der Waals surface area contributed by atoms with Crippen LogP contribution in [-0.2, 0) is 13.6 Å². The van der Waals surface area contributed by atoms with Crippen LogP contribution < -0.4 is 5.56 Å². The summed E-state index contributed by atoms with van der Waals surface area (Å²) in [6.45, 7) is 3.52. The van der Waals surface area contributed by atoms with E-state index in [4.69, 9.17) is 0 Å². The Morgan fingerprint density at radius 1 is 1.39 bits per heavy atom. The lowest BCUT2D eigenvalue weighted by Gasteiger charge is -2.08. The Morgan fingerprint density at radius 3 is 2.67 bits per heavy atom. The molecule has 0 aliphatic rings. The van der Waals surface area contributed by atoms with Crippen molar-refractivity contribution in [2.24, 2.45) is 7.05 Å². The fourth-order valence-electron chi connectivity index (χ4n) is 1.86. The van der Waals surface area contributed by atoms with Crippen LogP contribution >= 0.6 is 0 Å². The maximum atomic E-state index is 12.0. The van der Waals surface area contributed by atoms with Crippen LogP contribution in [0.4, 0.5) is 0 Å². The highest BCUT2D eigenvalue weighted by Gasteiger charge is 2.11. The highest BCUT2D eigenvalue weighted by molar-refractivity contribution is 5.95. The van der Waals surface area contributed by atoms with Gasteiger partial charge in [0.05, 0.1) is 6.54 Å². The van der Waals surface area contributed by atoms with Crippen LogP contribution in [0.5, 0.6) is 0 Å². The van der Waals surface area contributed by atoms with Crippen LogP contribution in [-0.4, -0.2) is 19.9 Å². The lowest BCUT2D eigenvalue weighted by molar-refractivity contribution is 0.0969. The summed E-state index contributed by atoms with van der Waals surface area (Å²) in [6, 6.07) is 3.18. The van der Waals surface area contributed by atoms with Gasteiger partial charge < -0.3 is 4.57 Å². The number of carbonyl (C=O) groups is 1. The molecule has 0 saturated heterocycles. The summed E-state index contributed by atoms with van der Waals surface area (Å²) in [5, 5.41) is 0. The van der Waals surface area contributed by atoms with Gasteiger partial charge in [-0.25, -0.2) is 4.98 Å². The van der Waals surface area contributed by atoms with Crippen molar-refractivity contribution in [3.8, 4) is 0 Å². The third kappa shape index (κ3) is 2.40. The van der Waals surface area contributed by atoms with Crippen LogP contribution in [0.2, 0.25) is 0 Å². The van der Waals surface area contributed by atoms with E-state index >= 15 is 0 Å². The summed E-state index contributed by atoms with van der Waals surface area (Å²) in [7, 11) is 1.85. The van der Waals surface area contributed by atoms with E-state index in [2.05, 4.69) is 4.98 Å². The van der Waals surface area contributed by atoms with Gasteiger partial charge in [-0.15, -0.1) is 0 Å². The maximum absolute atomic E-state index is 12.0. The first-order chi connectivity index (χ1) is 8.47. The second-order valence-electron chi connectivity index (χ2n) is 4.36. The Kier molecular flexibility index (Phi) is 3.14. The van der Waals surface area contributed by atoms with Crippen LogP contribution in [0.1, 0.15) is 21.9 Å². The lowest BCUT2D eigenvalue weighted by Crippen LogP contribution is -2.27. The molecular formula is C13H15N3O2. The Morgan fingerprint density at radius 2 is 2.11 bits per heavy atom. The minimum absolute atomic E-state index is 0.0297. The molecule has 2 aromatic heterocycles. The number of aryl methyl sites for hydroxylation is 3. The number of nitrogens with zero attached hydrogens (tertiary/aromatic N) is 3. The standard InChI is InChI=1S/C13H15N3O2/c1-9-6-13(18)16(10(2)14-9)8-12(17)11-4-5-15(3)7-11/h4-7H,8H2,1-3H3. The van der Waals surface area contributed by atoms with Gasteiger partial charge in [-0.05, 0) is 19.9 Å². The predicted octanol–water partition coefficient (Wildman–Crippen LogP) is 1.08. The number of Topliss-reactive ketones (excluding diaryl/α,β-unsaturated/α-hetero) is 1. The van der Waals surface area contributed by atoms with Crippen molar-refractivity contribution < 1.29 is 4.79 Å². The molecule has 2 aromatic rings. The molecule has 2 heterocycles. The molecule has 0 atom stereocenters. The number of aromatic nitrogens is 3. The van der Waals surface area contributed by atoms with Crippen LogP contribution in [0.3, 0.4) is 0 Å². The molecule has 0 radical (unpaired) electrons. The quantitative estimate of drug-likeness (QED) is 0.760. The van der Waals surface area contributed by atoms with E-state index in [0.29, 0.717) is 17.1 Å². The monoisotopic (exact) mass is 245 g/mol. The largest absolute Gasteiger partial charge is 0.357 e. The van der Waals surface area contributed by atoms with Crippen molar-refractivity contribution in [1.82, 2.24) is 14.1 Å². The van der Waals surface area contributed by atoms with E-state index < -0.39 is 0 Å². The third-order valence-corrected chi connectivity index (χ3v) is 2.78. The van der Waals surface area contributed by atoms with Crippen LogP contribution in [0.15, 0.2) is 29.3 Å². The second kappa shape index (κ2) is 4.60. The van der Waals surface area contributed by atoms with Gasteiger partial charge in [-0.3, -0.25) is 14.2 Å². The molecule has 5 heteroatoms. The SMILES string of the molecule is Cc1cc(=O)n(CC(=O)c2ccn(C)c2)c(C)n1. The Balaban J connectivity index is 2.30. The smallest absolute Gasteiger partial charge is 0.254 e. The predicted molar refractivity (Wildman–Crippen MR) is 67.7 cm³/mol. The van der Waals surface area contributed by atoms with Crippen LogP contribution in [0.25, 0.3) is 0 Å². The first kappa shape index (κ1) is 12.3. The van der Waals surface area contributed by atoms with E-state index in [1.54, 1.807) is 36.9 Å². The highest BCUT2D eigenvalue weighted by Crippen LogP contribution is 2.03. The molecule has 2 rings (SSSR count). The van der Waals surface area contributed by atoms with E-state index in [0.717, 1.165) is 0 Å².